The molecular weight excluding hydrogens is 736 g/mol. The molecule has 13 nitrogen and oxygen atoms in total. The highest BCUT2D eigenvalue weighted by Gasteiger charge is 2.71. The Kier molecular flexibility index (Phi) is 14.2. The van der Waals surface area contributed by atoms with Crippen LogP contribution in [0.3, 0.4) is 0 Å². The summed E-state index contributed by atoms with van der Waals surface area (Å²) in [7, 11) is 3.26. The van der Waals surface area contributed by atoms with Crippen molar-refractivity contribution in [1.82, 2.24) is 0 Å². The minimum Gasteiger partial charge on any atom is -0.462 e. The highest BCUT2D eigenvalue weighted by Crippen LogP contribution is 2.67. The van der Waals surface area contributed by atoms with E-state index in [0.29, 0.717) is 31.6 Å². The van der Waals surface area contributed by atoms with Gasteiger partial charge in [-0.1, -0.05) is 34.6 Å². The van der Waals surface area contributed by atoms with Gasteiger partial charge < -0.3 is 53.2 Å². The van der Waals surface area contributed by atoms with Crippen LogP contribution in [0.5, 0.6) is 0 Å². The number of hydrogen-bond donors (Lipinski definition) is 3. The molecule has 328 valence electrons. The van der Waals surface area contributed by atoms with Crippen LogP contribution in [0.25, 0.3) is 0 Å². The quantitative estimate of drug-likeness (QED) is 0.159. The van der Waals surface area contributed by atoms with Gasteiger partial charge in [0.2, 0.25) is 0 Å². The Morgan fingerprint density at radius 3 is 2.04 bits per heavy atom. The lowest BCUT2D eigenvalue weighted by Gasteiger charge is -2.63. The Morgan fingerprint density at radius 2 is 1.37 bits per heavy atom. The third kappa shape index (κ3) is 9.13. The van der Waals surface area contributed by atoms with Crippen LogP contribution in [0.4, 0.5) is 0 Å². The first kappa shape index (κ1) is 45.1. The fourth-order valence-electron chi connectivity index (χ4n) is 12.1. The Morgan fingerprint density at radius 1 is 0.737 bits per heavy atom. The summed E-state index contributed by atoms with van der Waals surface area (Å²) in [4.78, 5) is 26.2. The van der Waals surface area contributed by atoms with Gasteiger partial charge in [0.15, 0.2) is 12.6 Å². The van der Waals surface area contributed by atoms with Crippen LogP contribution < -0.4 is 0 Å². The first-order chi connectivity index (χ1) is 26.8. The van der Waals surface area contributed by atoms with E-state index in [1.165, 1.54) is 0 Å². The number of hydrogen-bond acceptors (Lipinski definition) is 13. The number of ether oxygens (including phenoxy) is 8. The number of rotatable bonds is 13. The molecule has 0 aromatic carbocycles. The second kappa shape index (κ2) is 17.9. The maximum atomic E-state index is 13.4. The molecule has 3 N–H and O–H groups in total. The maximum Gasteiger partial charge on any atom is 0.306 e. The van der Waals surface area contributed by atoms with Crippen LogP contribution in [0.15, 0.2) is 0 Å². The molecule has 0 spiro atoms. The molecule has 18 atom stereocenters. The first-order valence-corrected chi connectivity index (χ1v) is 22.0. The summed E-state index contributed by atoms with van der Waals surface area (Å²) in [6.07, 6.45) is 1.64. The van der Waals surface area contributed by atoms with Crippen LogP contribution in [-0.2, 0) is 47.5 Å². The molecule has 6 aliphatic rings. The van der Waals surface area contributed by atoms with Crippen LogP contribution in [-0.4, -0.2) is 120 Å². The minimum absolute atomic E-state index is 0.0182. The van der Waals surface area contributed by atoms with E-state index in [2.05, 4.69) is 6.92 Å². The molecule has 0 radical (unpaired) electrons. The second-order valence-electron chi connectivity index (χ2n) is 19.7. The predicted molar refractivity (Wildman–Crippen MR) is 208 cm³/mol. The van der Waals surface area contributed by atoms with Gasteiger partial charge in [-0.25, -0.2) is 0 Å². The number of carbonyl (C=O) groups is 2. The highest BCUT2D eigenvalue weighted by atomic mass is 16.7. The molecule has 6 fully saturated rings. The number of aliphatic hydroxyl groups excluding tert-OH is 1. The Hall–Kier alpha value is -1.42. The van der Waals surface area contributed by atoms with E-state index in [9.17, 15) is 24.9 Å². The lowest BCUT2D eigenvalue weighted by molar-refractivity contribution is -0.321. The number of fused-ring (bicyclic) bond motifs is 5. The molecule has 2 aliphatic heterocycles. The average molecular weight is 811 g/mol. The third-order valence-electron chi connectivity index (χ3n) is 15.1. The van der Waals surface area contributed by atoms with E-state index in [1.807, 2.05) is 41.5 Å². The zero-order valence-corrected chi connectivity index (χ0v) is 36.2. The van der Waals surface area contributed by atoms with Crippen molar-refractivity contribution in [2.45, 2.75) is 211 Å². The number of esters is 2. The standard InChI is InChI=1S/C44H74O13/c1-23(2)17-35(45)54-27(7)43(48)15-16-44(49)30-12-11-28-19-29(13-14-42(28,8)31(30)20-34(41(43)44)56-36(46)18-24(3)4)55-37-22-33(51-10)40(26(6)53-37)57-38-21-32(50-9)39(47)25(5)52-38/h23-34,37-41,47-49H,11-22H2,1-10H3. The van der Waals surface area contributed by atoms with Crippen molar-refractivity contribution in [3.8, 4) is 0 Å². The minimum atomic E-state index is -1.53. The summed E-state index contributed by atoms with van der Waals surface area (Å²) in [5, 5.41) is 35.7. The highest BCUT2D eigenvalue weighted by molar-refractivity contribution is 5.70. The summed E-state index contributed by atoms with van der Waals surface area (Å²) in [6.45, 7) is 15.7. The molecule has 0 aromatic heterocycles. The van der Waals surface area contributed by atoms with Gasteiger partial charge in [0.1, 0.15) is 30.0 Å². The monoisotopic (exact) mass is 811 g/mol. The van der Waals surface area contributed by atoms with E-state index < -0.39 is 60.2 Å². The van der Waals surface area contributed by atoms with Crippen molar-refractivity contribution in [1.29, 1.82) is 0 Å². The summed E-state index contributed by atoms with van der Waals surface area (Å²) < 4.78 is 49.2. The van der Waals surface area contributed by atoms with Crippen LogP contribution in [0, 0.1) is 40.9 Å². The predicted octanol–water partition coefficient (Wildman–Crippen LogP) is 5.46. The fraction of sp³-hybridized carbons (Fsp3) is 0.955. The van der Waals surface area contributed by atoms with Gasteiger partial charge in [0, 0.05) is 39.9 Å². The van der Waals surface area contributed by atoms with Crippen molar-refractivity contribution < 1.29 is 62.8 Å². The number of carbonyl (C=O) groups excluding carboxylic acids is 2. The summed E-state index contributed by atoms with van der Waals surface area (Å²) in [6, 6.07) is 0. The fourth-order valence-corrected chi connectivity index (χ4v) is 12.1. The number of methoxy groups -OCH3 is 2. The van der Waals surface area contributed by atoms with Gasteiger partial charge >= 0.3 is 11.9 Å². The molecule has 18 unspecified atom stereocenters. The SMILES string of the molecule is COC1CC(OC2C(C)OC(OC3CCC4(C)C(CCC5C4CC(OC(=O)CC(C)C)C4C(O)(C(C)OC(=O)CC(C)C)CCC54O)C3)CC2OC)OC(C)C1O. The molecule has 0 bridgehead atoms. The van der Waals surface area contributed by atoms with E-state index in [0.717, 1.165) is 32.1 Å². The van der Waals surface area contributed by atoms with Gasteiger partial charge in [-0.15, -0.1) is 0 Å². The summed E-state index contributed by atoms with van der Waals surface area (Å²) >= 11 is 0. The van der Waals surface area contributed by atoms with E-state index in [4.69, 9.17) is 37.9 Å². The summed E-state index contributed by atoms with van der Waals surface area (Å²) in [5.41, 5.74) is -2.94. The van der Waals surface area contributed by atoms with E-state index >= 15 is 0 Å². The van der Waals surface area contributed by atoms with Gasteiger partial charge in [-0.05, 0) is 107 Å². The lowest BCUT2D eigenvalue weighted by Crippen LogP contribution is -2.67. The summed E-state index contributed by atoms with van der Waals surface area (Å²) in [5.74, 6) is -0.955. The average Bonchev–Trinajstić information content (AvgIpc) is 3.42. The van der Waals surface area contributed by atoms with Gasteiger partial charge in [-0.2, -0.15) is 0 Å². The van der Waals surface area contributed by atoms with Gasteiger partial charge in [0.05, 0.1) is 42.0 Å². The lowest BCUT2D eigenvalue weighted by atomic mass is 9.45. The molecule has 0 aromatic rings. The van der Waals surface area contributed by atoms with Crippen molar-refractivity contribution in [3.05, 3.63) is 0 Å². The molecule has 2 saturated heterocycles. The molecule has 0 amide bonds. The van der Waals surface area contributed by atoms with Crippen molar-refractivity contribution in [2.75, 3.05) is 14.2 Å². The Labute approximate surface area is 340 Å². The molecular formula is C44H74O13. The molecule has 4 saturated carbocycles. The Balaban J connectivity index is 1.13. The van der Waals surface area contributed by atoms with Crippen molar-refractivity contribution in [2.24, 2.45) is 40.9 Å². The van der Waals surface area contributed by atoms with Gasteiger partial charge in [0.25, 0.3) is 0 Å². The zero-order chi connectivity index (χ0) is 41.6. The van der Waals surface area contributed by atoms with Crippen LogP contribution >= 0.6 is 0 Å². The molecule has 13 heteroatoms. The van der Waals surface area contributed by atoms with Crippen LogP contribution in [0.1, 0.15) is 132 Å². The molecule has 4 aliphatic carbocycles. The second-order valence-corrected chi connectivity index (χ2v) is 19.7. The largest absolute Gasteiger partial charge is 0.462 e. The first-order valence-electron chi connectivity index (χ1n) is 22.0. The number of aliphatic hydroxyl groups is 3. The molecule has 6 rings (SSSR count). The maximum absolute atomic E-state index is 13.4. The topological polar surface area (TPSA) is 169 Å². The third-order valence-corrected chi connectivity index (χ3v) is 15.1. The van der Waals surface area contributed by atoms with Gasteiger partial charge in [-0.3, -0.25) is 9.59 Å². The van der Waals surface area contributed by atoms with E-state index in [-0.39, 0.29) is 84.7 Å². The normalized spacial score (nSPS) is 46.5. The molecule has 2 heterocycles. The molecule has 57 heavy (non-hydrogen) atoms. The smallest absolute Gasteiger partial charge is 0.306 e. The van der Waals surface area contributed by atoms with E-state index in [1.54, 1.807) is 21.1 Å². The van der Waals surface area contributed by atoms with Crippen LogP contribution in [0.2, 0.25) is 0 Å². The zero-order valence-electron chi connectivity index (χ0n) is 36.2. The van der Waals surface area contributed by atoms with Crippen molar-refractivity contribution in [3.63, 3.8) is 0 Å². The van der Waals surface area contributed by atoms with Crippen molar-refractivity contribution >= 4 is 11.9 Å². The Bertz CT molecular complexity index is 1380.